The number of rotatable bonds is 10. The van der Waals surface area contributed by atoms with Crippen LogP contribution in [0.5, 0.6) is 0 Å². The van der Waals surface area contributed by atoms with E-state index in [0.29, 0.717) is 12.1 Å². The van der Waals surface area contributed by atoms with E-state index in [2.05, 4.69) is 56.9 Å². The van der Waals surface area contributed by atoms with Gasteiger partial charge < -0.3 is 15.1 Å². The summed E-state index contributed by atoms with van der Waals surface area (Å²) in [5.74, 6) is 0. The zero-order valence-corrected chi connectivity index (χ0v) is 16.2. The summed E-state index contributed by atoms with van der Waals surface area (Å²) in [7, 11) is 4.41. The molecule has 0 N–H and O–H groups in total. The maximum atomic E-state index is 4.49. The van der Waals surface area contributed by atoms with Crippen molar-refractivity contribution >= 4 is 0 Å². The molecule has 0 aromatic rings. The van der Waals surface area contributed by atoms with Crippen molar-refractivity contribution in [3.63, 3.8) is 0 Å². The predicted molar refractivity (Wildman–Crippen MR) is 77.9 cm³/mol. The molecule has 0 aliphatic rings. The molecule has 0 heterocycles. The van der Waals surface area contributed by atoms with E-state index in [9.17, 15) is 0 Å². The molecule has 0 aromatic heterocycles. The third-order valence-electron chi connectivity index (χ3n) is 3.12. The van der Waals surface area contributed by atoms with Crippen LogP contribution in [0.3, 0.4) is 0 Å². The van der Waals surface area contributed by atoms with Crippen molar-refractivity contribution in [3.8, 4) is 0 Å². The van der Waals surface area contributed by atoms with Crippen LogP contribution in [-0.4, -0.2) is 62.2 Å². The van der Waals surface area contributed by atoms with Crippen molar-refractivity contribution < 1.29 is 32.7 Å². The molecular formula is C14H32N3Y-. The van der Waals surface area contributed by atoms with Gasteiger partial charge in [-0.05, 0) is 54.0 Å². The molecule has 0 fully saturated rings. The van der Waals surface area contributed by atoms with Crippen molar-refractivity contribution in [3.05, 3.63) is 5.32 Å². The number of nitrogens with zero attached hydrogens (tertiary/aromatic N) is 3. The minimum Gasteiger partial charge on any atom is -0.660 e. The topological polar surface area (TPSA) is 20.6 Å². The van der Waals surface area contributed by atoms with Crippen molar-refractivity contribution in [2.24, 2.45) is 0 Å². The summed E-state index contributed by atoms with van der Waals surface area (Å²) >= 11 is 0. The van der Waals surface area contributed by atoms with E-state index in [1.807, 2.05) is 0 Å². The molecule has 0 rings (SSSR count). The molecule has 0 amide bonds. The molecular weight excluding hydrogens is 299 g/mol. The van der Waals surface area contributed by atoms with Crippen LogP contribution in [0.25, 0.3) is 5.32 Å². The zero-order valence-electron chi connectivity index (χ0n) is 13.3. The molecule has 0 aliphatic heterocycles. The molecule has 0 saturated carbocycles. The van der Waals surface area contributed by atoms with Crippen molar-refractivity contribution in [2.75, 3.05) is 40.3 Å². The minimum atomic E-state index is 0. The van der Waals surface area contributed by atoms with Gasteiger partial charge in [-0.1, -0.05) is 20.3 Å². The smallest absolute Gasteiger partial charge is 0.00355 e. The fraction of sp³-hybridized carbons (Fsp3) is 1.00. The van der Waals surface area contributed by atoms with E-state index in [1.54, 1.807) is 0 Å². The molecule has 0 spiro atoms. The van der Waals surface area contributed by atoms with E-state index < -0.39 is 0 Å². The molecule has 18 heavy (non-hydrogen) atoms. The molecule has 0 atom stereocenters. The summed E-state index contributed by atoms with van der Waals surface area (Å²) < 4.78 is 0. The summed E-state index contributed by atoms with van der Waals surface area (Å²) in [6.45, 7) is 13.3. The second-order valence-corrected chi connectivity index (χ2v) is 5.58. The Balaban J connectivity index is 0. The molecule has 1 radical (unpaired) electrons. The van der Waals surface area contributed by atoms with Gasteiger partial charge in [-0.2, -0.15) is 0 Å². The Hall–Kier alpha value is 0.984. The van der Waals surface area contributed by atoms with E-state index >= 15 is 0 Å². The van der Waals surface area contributed by atoms with Crippen LogP contribution < -0.4 is 0 Å². The van der Waals surface area contributed by atoms with Gasteiger partial charge in [0.15, 0.2) is 0 Å². The van der Waals surface area contributed by atoms with E-state index in [1.165, 1.54) is 32.5 Å². The van der Waals surface area contributed by atoms with Crippen LogP contribution in [0, 0.1) is 0 Å². The average molecular weight is 331 g/mol. The Kier molecular flexibility index (Phi) is 15.4. The van der Waals surface area contributed by atoms with E-state index in [0.717, 1.165) is 6.54 Å². The monoisotopic (exact) mass is 331 g/mol. The Morgan fingerprint density at radius 2 is 1.44 bits per heavy atom. The van der Waals surface area contributed by atoms with Crippen LogP contribution in [0.2, 0.25) is 0 Å². The normalized spacial score (nSPS) is 11.7. The molecule has 0 aliphatic carbocycles. The van der Waals surface area contributed by atoms with Crippen LogP contribution in [0.1, 0.15) is 40.5 Å². The van der Waals surface area contributed by atoms with Gasteiger partial charge in [-0.15, -0.1) is 12.6 Å². The second-order valence-electron chi connectivity index (χ2n) is 5.58. The third kappa shape index (κ3) is 13.4. The first kappa shape index (κ1) is 21.3. The molecule has 3 nitrogen and oxygen atoms in total. The molecule has 0 bridgehead atoms. The van der Waals surface area contributed by atoms with Crippen molar-refractivity contribution in [1.82, 2.24) is 9.80 Å². The first-order valence-corrected chi connectivity index (χ1v) is 6.99. The predicted octanol–water partition coefficient (Wildman–Crippen LogP) is 2.82. The van der Waals surface area contributed by atoms with Gasteiger partial charge in [0.2, 0.25) is 0 Å². The Morgan fingerprint density at radius 1 is 0.889 bits per heavy atom. The minimum absolute atomic E-state index is 0. The average Bonchev–Trinajstić information content (AvgIpc) is 2.23. The third-order valence-corrected chi connectivity index (χ3v) is 3.12. The van der Waals surface area contributed by atoms with Gasteiger partial charge in [0.25, 0.3) is 0 Å². The summed E-state index contributed by atoms with van der Waals surface area (Å²) in [5, 5.41) is 4.49. The van der Waals surface area contributed by atoms with Gasteiger partial charge in [0, 0.05) is 38.8 Å². The molecule has 0 saturated heterocycles. The van der Waals surface area contributed by atoms with Gasteiger partial charge in [-0.3, -0.25) is 0 Å². The van der Waals surface area contributed by atoms with Crippen molar-refractivity contribution in [2.45, 2.75) is 52.6 Å². The fourth-order valence-electron chi connectivity index (χ4n) is 1.65. The van der Waals surface area contributed by atoms with Gasteiger partial charge in [0.05, 0.1) is 0 Å². The van der Waals surface area contributed by atoms with Crippen molar-refractivity contribution in [1.29, 1.82) is 0 Å². The van der Waals surface area contributed by atoms with Gasteiger partial charge >= 0.3 is 0 Å². The van der Waals surface area contributed by atoms with Crippen LogP contribution in [-0.2, 0) is 32.7 Å². The maximum absolute atomic E-state index is 4.49. The quantitative estimate of drug-likeness (QED) is 0.574. The van der Waals surface area contributed by atoms with Gasteiger partial charge in [-0.25, -0.2) is 0 Å². The summed E-state index contributed by atoms with van der Waals surface area (Å²) in [6, 6.07) is 1.14. The van der Waals surface area contributed by atoms with Crippen LogP contribution in [0.4, 0.5) is 0 Å². The number of hydrogen-bond acceptors (Lipinski definition) is 2. The fourth-order valence-corrected chi connectivity index (χ4v) is 1.65. The largest absolute Gasteiger partial charge is 0.660 e. The Morgan fingerprint density at radius 3 is 1.94 bits per heavy atom. The molecule has 0 aromatic carbocycles. The van der Waals surface area contributed by atoms with Gasteiger partial charge in [0.1, 0.15) is 0 Å². The molecule has 0 unspecified atom stereocenters. The molecule has 107 valence electrons. The van der Waals surface area contributed by atoms with E-state index in [4.69, 9.17) is 0 Å². The summed E-state index contributed by atoms with van der Waals surface area (Å²) in [4.78, 5) is 4.83. The van der Waals surface area contributed by atoms with Crippen LogP contribution in [0.15, 0.2) is 0 Å². The maximum Gasteiger partial charge on any atom is 0.00355 e. The summed E-state index contributed by atoms with van der Waals surface area (Å²) in [5.41, 5.74) is 0. The molecule has 4 heteroatoms. The Bertz CT molecular complexity index is 174. The second kappa shape index (κ2) is 13.0. The SMILES string of the molecule is CC(C)[N-]CCCN(C)CCCN(C)C(C)C.[Y]. The number of hydrogen-bond donors (Lipinski definition) is 0. The standard InChI is InChI=1S/C14H32N3.Y/c1-13(2)15-9-7-10-16(5)11-8-12-17(6)14(3)4;/h13-14H,7-12H2,1-6H3;/q-1;. The summed E-state index contributed by atoms with van der Waals surface area (Å²) in [6.07, 6.45) is 2.45. The van der Waals surface area contributed by atoms with Crippen LogP contribution >= 0.6 is 0 Å². The Labute approximate surface area is 140 Å². The van der Waals surface area contributed by atoms with E-state index in [-0.39, 0.29) is 32.7 Å². The first-order chi connectivity index (χ1) is 7.93. The zero-order chi connectivity index (χ0) is 13.3. The first-order valence-electron chi connectivity index (χ1n) is 6.99.